The molecule has 3 aliphatic carbocycles. The quantitative estimate of drug-likeness (QED) is 0.245. The number of ether oxygens (including phenoxy) is 1. The van der Waals surface area contributed by atoms with E-state index in [1.807, 2.05) is 19.9 Å². The summed E-state index contributed by atoms with van der Waals surface area (Å²) in [7, 11) is 0. The number of esters is 1. The molecule has 184 valence electrons. The van der Waals surface area contributed by atoms with Crippen LogP contribution in [0.15, 0.2) is 57.9 Å². The van der Waals surface area contributed by atoms with Crippen molar-refractivity contribution in [3.63, 3.8) is 0 Å². The number of aliphatic hydroxyl groups excluding tert-OH is 1. The molecule has 0 radical (unpaired) electrons. The zero-order chi connectivity index (χ0) is 25.6. The van der Waals surface area contributed by atoms with E-state index >= 15 is 0 Å². The van der Waals surface area contributed by atoms with Gasteiger partial charge in [-0.3, -0.25) is 19.2 Å². The Morgan fingerprint density at radius 1 is 0.941 bits per heavy atom. The Morgan fingerprint density at radius 2 is 1.50 bits per heavy atom. The van der Waals surface area contributed by atoms with Crippen molar-refractivity contribution >= 4 is 23.3 Å². The first-order valence-electron chi connectivity index (χ1n) is 11.8. The lowest BCUT2D eigenvalue weighted by Crippen LogP contribution is -2.61. The summed E-state index contributed by atoms with van der Waals surface area (Å²) < 4.78 is 5.41. The van der Waals surface area contributed by atoms with Gasteiger partial charge >= 0.3 is 5.97 Å². The van der Waals surface area contributed by atoms with Crippen molar-refractivity contribution in [3.8, 4) is 0 Å². The highest BCUT2D eigenvalue weighted by Gasteiger charge is 2.61. The van der Waals surface area contributed by atoms with Crippen LogP contribution in [0.5, 0.6) is 0 Å². The molecule has 6 heteroatoms. The normalized spacial score (nSPS) is 25.3. The zero-order valence-corrected chi connectivity index (χ0v) is 21.1. The first kappa shape index (κ1) is 27.2. The Balaban J connectivity index is 2.76. The van der Waals surface area contributed by atoms with Crippen molar-refractivity contribution in [2.24, 2.45) is 5.92 Å². The highest BCUT2D eigenvalue weighted by atomic mass is 16.6. The van der Waals surface area contributed by atoms with Crippen LogP contribution in [0.2, 0.25) is 0 Å². The topological polar surface area (TPSA) is 97.7 Å². The fourth-order valence-electron chi connectivity index (χ4n) is 4.48. The summed E-state index contributed by atoms with van der Waals surface area (Å²) in [5.41, 5.74) is 1.26. The summed E-state index contributed by atoms with van der Waals surface area (Å²) in [5.74, 6) is -5.74. The number of aliphatic hydroxyl groups is 1. The third-order valence-electron chi connectivity index (χ3n) is 6.28. The molecule has 0 aliphatic heterocycles. The molecule has 0 fully saturated rings. The second-order valence-corrected chi connectivity index (χ2v) is 9.63. The maximum Gasteiger partial charge on any atom is 0.304 e. The largest absolute Gasteiger partial charge is 0.504 e. The first-order valence-corrected chi connectivity index (χ1v) is 11.8. The number of allylic oxidation sites excluding steroid dienone is 8. The molecular weight excluding hydrogens is 432 g/mol. The van der Waals surface area contributed by atoms with Gasteiger partial charge in [0.15, 0.2) is 5.76 Å². The zero-order valence-electron chi connectivity index (χ0n) is 21.1. The van der Waals surface area contributed by atoms with Crippen LogP contribution in [0.1, 0.15) is 80.1 Å². The maximum absolute atomic E-state index is 13.6. The highest BCUT2D eigenvalue weighted by molar-refractivity contribution is 6.54. The lowest BCUT2D eigenvalue weighted by molar-refractivity contribution is -0.177. The predicted octanol–water partition coefficient (Wildman–Crippen LogP) is 5.60. The van der Waals surface area contributed by atoms with Gasteiger partial charge in [0.2, 0.25) is 17.2 Å². The van der Waals surface area contributed by atoms with E-state index in [2.05, 4.69) is 13.0 Å². The number of rotatable bonds is 2. The van der Waals surface area contributed by atoms with Crippen LogP contribution in [0, 0.1) is 5.92 Å². The number of Topliss-reactive ketones (excluding diaryl/α,β-unsaturated/α-hetero) is 3. The molecule has 0 aromatic heterocycles. The van der Waals surface area contributed by atoms with Crippen LogP contribution in [0.25, 0.3) is 0 Å². The van der Waals surface area contributed by atoms with Crippen molar-refractivity contribution in [2.45, 2.75) is 85.7 Å². The van der Waals surface area contributed by atoms with Gasteiger partial charge in [-0.05, 0) is 73.1 Å². The van der Waals surface area contributed by atoms with Crippen LogP contribution in [-0.4, -0.2) is 34.0 Å². The maximum atomic E-state index is 13.6. The van der Waals surface area contributed by atoms with Gasteiger partial charge in [-0.2, -0.15) is 0 Å². The molecular formula is C28H36O6. The van der Waals surface area contributed by atoms with Crippen LogP contribution >= 0.6 is 0 Å². The second kappa shape index (κ2) is 11.4. The number of carbonyl (C=O) groups is 4. The molecule has 0 saturated carbocycles. The van der Waals surface area contributed by atoms with E-state index in [9.17, 15) is 24.3 Å². The molecule has 2 bridgehead atoms. The monoisotopic (exact) mass is 468 g/mol. The Morgan fingerprint density at radius 3 is 2.06 bits per heavy atom. The number of carbonyl (C=O) groups excluding carboxylic acids is 4. The van der Waals surface area contributed by atoms with E-state index in [1.54, 1.807) is 26.0 Å². The van der Waals surface area contributed by atoms with E-state index in [0.717, 1.165) is 49.3 Å². The summed E-state index contributed by atoms with van der Waals surface area (Å²) in [5, 5.41) is 10.8. The van der Waals surface area contributed by atoms with Crippen molar-refractivity contribution in [1.82, 2.24) is 0 Å². The van der Waals surface area contributed by atoms with Crippen molar-refractivity contribution < 1.29 is 29.0 Å². The molecule has 0 saturated heterocycles. The first-order chi connectivity index (χ1) is 15.9. The van der Waals surface area contributed by atoms with Crippen LogP contribution in [-0.2, 0) is 23.9 Å². The van der Waals surface area contributed by atoms with Gasteiger partial charge in [-0.1, -0.05) is 46.6 Å². The number of ketones is 3. The summed E-state index contributed by atoms with van der Waals surface area (Å²) in [6, 6.07) is 0. The van der Waals surface area contributed by atoms with Crippen molar-refractivity contribution in [1.29, 1.82) is 0 Å². The smallest absolute Gasteiger partial charge is 0.304 e. The summed E-state index contributed by atoms with van der Waals surface area (Å²) in [6.07, 6.45) is 11.1. The van der Waals surface area contributed by atoms with Gasteiger partial charge in [-0.15, -0.1) is 0 Å². The summed E-state index contributed by atoms with van der Waals surface area (Å²) in [6.45, 7) is 10.6. The molecule has 34 heavy (non-hydrogen) atoms. The van der Waals surface area contributed by atoms with Gasteiger partial charge in [0.1, 0.15) is 0 Å². The minimum absolute atomic E-state index is 0.0426. The van der Waals surface area contributed by atoms with Gasteiger partial charge in [-0.25, -0.2) is 0 Å². The minimum atomic E-state index is -2.43. The Bertz CT molecular complexity index is 1030. The van der Waals surface area contributed by atoms with E-state index in [0.29, 0.717) is 0 Å². The fourth-order valence-corrected chi connectivity index (χ4v) is 4.48. The molecule has 0 aromatic rings. The van der Waals surface area contributed by atoms with Crippen LogP contribution < -0.4 is 0 Å². The Hall–Kier alpha value is -3.02. The Labute approximate surface area is 202 Å². The second-order valence-electron chi connectivity index (χ2n) is 9.63. The van der Waals surface area contributed by atoms with E-state index in [1.165, 1.54) is 5.57 Å². The van der Waals surface area contributed by atoms with Crippen LogP contribution in [0.4, 0.5) is 0 Å². The molecule has 1 N–H and O–H groups in total. The van der Waals surface area contributed by atoms with E-state index in [-0.39, 0.29) is 18.4 Å². The molecule has 2 atom stereocenters. The lowest BCUT2D eigenvalue weighted by Gasteiger charge is -2.38. The van der Waals surface area contributed by atoms with Gasteiger partial charge in [0.25, 0.3) is 5.78 Å². The fraction of sp³-hybridized carbons (Fsp3) is 0.500. The number of fused-ring (bicyclic) bond motifs is 11. The third kappa shape index (κ3) is 6.10. The molecule has 0 heterocycles. The number of hydrogen-bond acceptors (Lipinski definition) is 6. The Kier molecular flexibility index (Phi) is 9.14. The molecule has 3 rings (SSSR count). The standard InChI is InChI=1S/C28H36O6/c1-17(2)15-22-16-20(5)12-8-10-18(3)9-7-11-19(4)13-14-23-24(30)26(32)28(22,34-21(6)29)27(33)25(23)31/h9,12-13,15,22,30H,7-8,10-11,14,16H2,1-6H3/t22-,28?/m1/s1. The molecule has 0 amide bonds. The summed E-state index contributed by atoms with van der Waals surface area (Å²) >= 11 is 0. The van der Waals surface area contributed by atoms with E-state index < -0.39 is 40.6 Å². The molecule has 6 nitrogen and oxygen atoms in total. The predicted molar refractivity (Wildman–Crippen MR) is 131 cm³/mol. The van der Waals surface area contributed by atoms with E-state index in [4.69, 9.17) is 4.74 Å². The average molecular weight is 469 g/mol. The molecule has 1 unspecified atom stereocenters. The SMILES string of the molecule is CC(=O)OC12C(=O)C(=O)C(=C(O)C1=O)CC=C(C)CCC=C(C)CCC=C(C)C[C@H]2C=C(C)C. The van der Waals surface area contributed by atoms with Gasteiger partial charge < -0.3 is 9.84 Å². The van der Waals surface area contributed by atoms with Crippen LogP contribution in [0.3, 0.4) is 0 Å². The molecule has 3 aliphatic rings. The summed E-state index contributed by atoms with van der Waals surface area (Å²) in [4.78, 5) is 52.4. The molecule has 0 spiro atoms. The number of hydrogen-bond donors (Lipinski definition) is 1. The van der Waals surface area contributed by atoms with Gasteiger partial charge in [0.05, 0.1) is 5.57 Å². The minimum Gasteiger partial charge on any atom is -0.504 e. The van der Waals surface area contributed by atoms with Gasteiger partial charge in [0, 0.05) is 12.8 Å². The van der Waals surface area contributed by atoms with Crippen molar-refractivity contribution in [2.75, 3.05) is 0 Å². The van der Waals surface area contributed by atoms with Crippen molar-refractivity contribution in [3.05, 3.63) is 57.9 Å². The average Bonchev–Trinajstić information content (AvgIpc) is 2.74. The third-order valence-corrected chi connectivity index (χ3v) is 6.28. The highest BCUT2D eigenvalue weighted by Crippen LogP contribution is 2.39. The molecule has 0 aromatic carbocycles. The lowest BCUT2D eigenvalue weighted by atomic mass is 9.69.